The van der Waals surface area contributed by atoms with E-state index in [1.54, 1.807) is 0 Å². The summed E-state index contributed by atoms with van der Waals surface area (Å²) in [5.41, 5.74) is 0. The molecule has 12 heavy (non-hydrogen) atoms. The minimum absolute atomic E-state index is 0.617. The summed E-state index contributed by atoms with van der Waals surface area (Å²) in [6.07, 6.45) is 11.3. The Balaban J connectivity index is 1.81. The Morgan fingerprint density at radius 3 is 2.50 bits per heavy atom. The van der Waals surface area contributed by atoms with Gasteiger partial charge in [0.1, 0.15) is 0 Å². The van der Waals surface area contributed by atoms with Crippen LogP contribution in [0.25, 0.3) is 0 Å². The third-order valence-electron chi connectivity index (χ3n) is 2.65. The van der Waals surface area contributed by atoms with Crippen molar-refractivity contribution in [2.75, 3.05) is 6.61 Å². The highest BCUT2D eigenvalue weighted by molar-refractivity contribution is 4.66. The second kappa shape index (κ2) is 6.47. The van der Waals surface area contributed by atoms with Gasteiger partial charge in [0, 0.05) is 6.61 Å². The minimum Gasteiger partial charge on any atom is -0.378 e. The Morgan fingerprint density at radius 2 is 1.83 bits per heavy atom. The molecule has 0 bridgehead atoms. The van der Waals surface area contributed by atoms with Crippen LogP contribution in [0, 0.1) is 0 Å². The fourth-order valence-electron chi connectivity index (χ4n) is 1.83. The topological polar surface area (TPSA) is 9.23 Å². The molecule has 1 saturated carbocycles. The largest absolute Gasteiger partial charge is 0.378 e. The summed E-state index contributed by atoms with van der Waals surface area (Å²) >= 11 is 0. The van der Waals surface area contributed by atoms with E-state index in [9.17, 15) is 0 Å². The van der Waals surface area contributed by atoms with Crippen molar-refractivity contribution in [3.8, 4) is 0 Å². The monoisotopic (exact) mass is 170 g/mol. The standard InChI is InChI=1S/C11H22O/c1-2-3-4-7-10-12-11-8-5-6-9-11/h11H,2-10H2,1H3. The summed E-state index contributed by atoms with van der Waals surface area (Å²) in [4.78, 5) is 0. The molecular weight excluding hydrogens is 148 g/mol. The minimum atomic E-state index is 0.617. The average Bonchev–Trinajstić information content (AvgIpc) is 2.57. The fraction of sp³-hybridized carbons (Fsp3) is 1.00. The summed E-state index contributed by atoms with van der Waals surface area (Å²) in [7, 11) is 0. The van der Waals surface area contributed by atoms with Gasteiger partial charge < -0.3 is 4.74 Å². The van der Waals surface area contributed by atoms with Crippen molar-refractivity contribution in [1.29, 1.82) is 0 Å². The van der Waals surface area contributed by atoms with E-state index in [2.05, 4.69) is 6.92 Å². The Labute approximate surface area is 76.5 Å². The van der Waals surface area contributed by atoms with E-state index in [1.807, 2.05) is 0 Å². The summed E-state index contributed by atoms with van der Waals surface area (Å²) in [6.45, 7) is 3.25. The smallest absolute Gasteiger partial charge is 0.0575 e. The van der Waals surface area contributed by atoms with E-state index in [-0.39, 0.29) is 0 Å². The van der Waals surface area contributed by atoms with Gasteiger partial charge in [-0.05, 0) is 19.3 Å². The van der Waals surface area contributed by atoms with Gasteiger partial charge in [0.05, 0.1) is 6.10 Å². The first-order chi connectivity index (χ1) is 5.93. The van der Waals surface area contributed by atoms with Gasteiger partial charge in [0.2, 0.25) is 0 Å². The van der Waals surface area contributed by atoms with E-state index < -0.39 is 0 Å². The van der Waals surface area contributed by atoms with Gasteiger partial charge in [0.15, 0.2) is 0 Å². The quantitative estimate of drug-likeness (QED) is 0.554. The van der Waals surface area contributed by atoms with Crippen LogP contribution in [0.5, 0.6) is 0 Å². The van der Waals surface area contributed by atoms with Crippen molar-refractivity contribution in [1.82, 2.24) is 0 Å². The summed E-state index contributed by atoms with van der Waals surface area (Å²) in [6, 6.07) is 0. The lowest BCUT2D eigenvalue weighted by atomic mass is 10.2. The molecule has 1 aliphatic rings. The van der Waals surface area contributed by atoms with E-state index >= 15 is 0 Å². The molecule has 0 saturated heterocycles. The lowest BCUT2D eigenvalue weighted by molar-refractivity contribution is 0.0557. The van der Waals surface area contributed by atoms with Gasteiger partial charge in [-0.25, -0.2) is 0 Å². The zero-order chi connectivity index (χ0) is 8.65. The Bertz CT molecular complexity index is 95.2. The van der Waals surface area contributed by atoms with Crippen molar-refractivity contribution >= 4 is 0 Å². The van der Waals surface area contributed by atoms with Crippen molar-refractivity contribution in [3.05, 3.63) is 0 Å². The predicted octanol–water partition coefficient (Wildman–Crippen LogP) is 3.53. The maximum Gasteiger partial charge on any atom is 0.0575 e. The summed E-state index contributed by atoms with van der Waals surface area (Å²) in [5.74, 6) is 0. The molecule has 0 atom stereocenters. The Morgan fingerprint density at radius 1 is 1.08 bits per heavy atom. The normalized spacial score (nSPS) is 18.8. The number of hydrogen-bond acceptors (Lipinski definition) is 1. The van der Waals surface area contributed by atoms with Crippen molar-refractivity contribution in [3.63, 3.8) is 0 Å². The van der Waals surface area contributed by atoms with Gasteiger partial charge in [-0.3, -0.25) is 0 Å². The average molecular weight is 170 g/mol. The summed E-state index contributed by atoms with van der Waals surface area (Å²) < 4.78 is 5.75. The van der Waals surface area contributed by atoms with Crippen LogP contribution in [-0.4, -0.2) is 12.7 Å². The fourth-order valence-corrected chi connectivity index (χ4v) is 1.83. The summed E-state index contributed by atoms with van der Waals surface area (Å²) in [5, 5.41) is 0. The lowest BCUT2D eigenvalue weighted by Crippen LogP contribution is -2.08. The molecule has 0 unspecified atom stereocenters. The molecule has 0 aliphatic heterocycles. The van der Waals surface area contributed by atoms with Gasteiger partial charge in [0.25, 0.3) is 0 Å². The molecule has 0 aromatic heterocycles. The van der Waals surface area contributed by atoms with Crippen molar-refractivity contribution < 1.29 is 4.74 Å². The number of hydrogen-bond donors (Lipinski definition) is 0. The predicted molar refractivity (Wildman–Crippen MR) is 52.4 cm³/mol. The first-order valence-corrected chi connectivity index (χ1v) is 5.55. The molecule has 0 heterocycles. The molecule has 0 amide bonds. The highest BCUT2D eigenvalue weighted by Crippen LogP contribution is 2.21. The number of rotatable bonds is 6. The molecule has 0 N–H and O–H groups in total. The van der Waals surface area contributed by atoms with Crippen LogP contribution in [0.15, 0.2) is 0 Å². The van der Waals surface area contributed by atoms with E-state index in [1.165, 1.54) is 51.4 Å². The molecular formula is C11H22O. The van der Waals surface area contributed by atoms with Crippen LogP contribution in [0.4, 0.5) is 0 Å². The van der Waals surface area contributed by atoms with Crippen LogP contribution in [-0.2, 0) is 4.74 Å². The first-order valence-electron chi connectivity index (χ1n) is 5.55. The molecule has 0 aromatic rings. The van der Waals surface area contributed by atoms with E-state index in [0.29, 0.717) is 6.10 Å². The second-order valence-corrected chi connectivity index (χ2v) is 3.84. The second-order valence-electron chi connectivity index (χ2n) is 3.84. The molecule has 0 spiro atoms. The third-order valence-corrected chi connectivity index (χ3v) is 2.65. The highest BCUT2D eigenvalue weighted by atomic mass is 16.5. The first kappa shape index (κ1) is 10.0. The maximum absolute atomic E-state index is 5.75. The molecule has 0 radical (unpaired) electrons. The van der Waals surface area contributed by atoms with Crippen LogP contribution in [0.3, 0.4) is 0 Å². The van der Waals surface area contributed by atoms with Gasteiger partial charge in [-0.15, -0.1) is 0 Å². The molecule has 72 valence electrons. The van der Waals surface area contributed by atoms with E-state index in [0.717, 1.165) is 6.61 Å². The van der Waals surface area contributed by atoms with Crippen LogP contribution in [0.1, 0.15) is 58.3 Å². The molecule has 1 nitrogen and oxygen atoms in total. The Kier molecular flexibility index (Phi) is 5.42. The third kappa shape index (κ3) is 4.10. The molecule has 0 aromatic carbocycles. The zero-order valence-electron chi connectivity index (χ0n) is 8.35. The highest BCUT2D eigenvalue weighted by Gasteiger charge is 2.14. The maximum atomic E-state index is 5.75. The zero-order valence-corrected chi connectivity index (χ0v) is 8.35. The van der Waals surface area contributed by atoms with Crippen LogP contribution >= 0.6 is 0 Å². The molecule has 1 rings (SSSR count). The molecule has 1 fully saturated rings. The number of ether oxygens (including phenoxy) is 1. The van der Waals surface area contributed by atoms with Crippen LogP contribution < -0.4 is 0 Å². The van der Waals surface area contributed by atoms with Gasteiger partial charge in [-0.1, -0.05) is 39.0 Å². The SMILES string of the molecule is CCCCCCOC1CCCC1. The van der Waals surface area contributed by atoms with Crippen molar-refractivity contribution in [2.24, 2.45) is 0 Å². The lowest BCUT2D eigenvalue weighted by Gasteiger charge is -2.10. The molecule has 1 aliphatic carbocycles. The van der Waals surface area contributed by atoms with Gasteiger partial charge >= 0.3 is 0 Å². The van der Waals surface area contributed by atoms with Crippen molar-refractivity contribution in [2.45, 2.75) is 64.4 Å². The van der Waals surface area contributed by atoms with E-state index in [4.69, 9.17) is 4.74 Å². The van der Waals surface area contributed by atoms with Crippen LogP contribution in [0.2, 0.25) is 0 Å². The molecule has 1 heteroatoms. The number of unbranched alkanes of at least 4 members (excludes halogenated alkanes) is 3. The van der Waals surface area contributed by atoms with Gasteiger partial charge in [-0.2, -0.15) is 0 Å². The Hall–Kier alpha value is -0.0400.